The average molecular weight is 234 g/mol. The van der Waals surface area contributed by atoms with E-state index in [0.29, 0.717) is 35.4 Å². The van der Waals surface area contributed by atoms with E-state index in [4.69, 9.17) is 11.5 Å². The van der Waals surface area contributed by atoms with Crippen molar-refractivity contribution in [3.63, 3.8) is 0 Å². The van der Waals surface area contributed by atoms with Crippen molar-refractivity contribution < 1.29 is 4.39 Å². The van der Waals surface area contributed by atoms with Crippen LogP contribution in [0.1, 0.15) is 6.42 Å². The van der Waals surface area contributed by atoms with Crippen LogP contribution in [0, 0.1) is 5.82 Å². The molecule has 90 valence electrons. The van der Waals surface area contributed by atoms with Gasteiger partial charge in [0.2, 0.25) is 0 Å². The number of nitrogens with two attached hydrogens (primary N) is 2. The molecule has 0 amide bonds. The summed E-state index contributed by atoms with van der Waals surface area (Å²) in [7, 11) is 0. The van der Waals surface area contributed by atoms with Crippen LogP contribution < -0.4 is 16.8 Å². The summed E-state index contributed by atoms with van der Waals surface area (Å²) in [5.74, 6) is 0.193. The van der Waals surface area contributed by atoms with Gasteiger partial charge in [-0.2, -0.15) is 0 Å². The number of hydrogen-bond donors (Lipinski definition) is 3. The summed E-state index contributed by atoms with van der Waals surface area (Å²) in [4.78, 5) is 4.13. The third-order valence-electron chi connectivity index (χ3n) is 2.58. The zero-order valence-electron chi connectivity index (χ0n) is 9.41. The highest BCUT2D eigenvalue weighted by Crippen LogP contribution is 2.28. The minimum absolute atomic E-state index is 0.322. The van der Waals surface area contributed by atoms with Crippen molar-refractivity contribution >= 4 is 22.3 Å². The molecular weight excluding hydrogens is 219 g/mol. The second-order valence-corrected chi connectivity index (χ2v) is 3.79. The second-order valence-electron chi connectivity index (χ2n) is 3.79. The molecule has 17 heavy (non-hydrogen) atoms. The fourth-order valence-corrected chi connectivity index (χ4v) is 1.72. The van der Waals surface area contributed by atoms with Gasteiger partial charge in [-0.3, -0.25) is 0 Å². The van der Waals surface area contributed by atoms with Gasteiger partial charge in [-0.1, -0.05) is 0 Å². The maximum atomic E-state index is 13.8. The number of aromatic nitrogens is 1. The summed E-state index contributed by atoms with van der Waals surface area (Å²) in [5.41, 5.74) is 11.8. The van der Waals surface area contributed by atoms with Crippen molar-refractivity contribution in [1.82, 2.24) is 4.98 Å². The first-order valence-electron chi connectivity index (χ1n) is 5.50. The van der Waals surface area contributed by atoms with Crippen LogP contribution in [0.2, 0.25) is 0 Å². The average Bonchev–Trinajstić information content (AvgIpc) is 2.34. The standard InChI is InChI=1S/C12H15FN4/c13-9-2-3-10(15)8-4-7-17-12(11(8)9)16-6-1-5-14/h2-4,7H,1,5-6,14-15H2,(H,16,17). The molecule has 2 rings (SSSR count). The number of halogens is 1. The van der Waals surface area contributed by atoms with Crippen LogP contribution >= 0.6 is 0 Å². The number of nitrogen functional groups attached to an aromatic ring is 1. The van der Waals surface area contributed by atoms with Gasteiger partial charge in [-0.05, 0) is 31.2 Å². The smallest absolute Gasteiger partial charge is 0.136 e. The summed E-state index contributed by atoms with van der Waals surface area (Å²) in [5, 5.41) is 4.18. The number of rotatable bonds is 4. The van der Waals surface area contributed by atoms with Crippen LogP contribution in [0.4, 0.5) is 15.9 Å². The van der Waals surface area contributed by atoms with Gasteiger partial charge in [0.05, 0.1) is 5.39 Å². The minimum Gasteiger partial charge on any atom is -0.398 e. The van der Waals surface area contributed by atoms with Crippen molar-refractivity contribution in [2.75, 3.05) is 24.1 Å². The third kappa shape index (κ3) is 2.29. The van der Waals surface area contributed by atoms with Crippen molar-refractivity contribution in [3.8, 4) is 0 Å². The Morgan fingerprint density at radius 3 is 2.88 bits per heavy atom. The van der Waals surface area contributed by atoms with E-state index in [1.807, 2.05) is 0 Å². The molecule has 0 fully saturated rings. The Labute approximate surface area is 98.8 Å². The topological polar surface area (TPSA) is 77.0 Å². The van der Waals surface area contributed by atoms with E-state index in [2.05, 4.69) is 10.3 Å². The fourth-order valence-electron chi connectivity index (χ4n) is 1.72. The molecule has 1 aromatic carbocycles. The number of fused-ring (bicyclic) bond motifs is 1. The number of pyridine rings is 1. The number of nitrogens with zero attached hydrogens (tertiary/aromatic N) is 1. The molecule has 0 saturated heterocycles. The van der Waals surface area contributed by atoms with Crippen LogP contribution in [-0.4, -0.2) is 18.1 Å². The van der Waals surface area contributed by atoms with Crippen molar-refractivity contribution in [2.24, 2.45) is 5.73 Å². The van der Waals surface area contributed by atoms with Gasteiger partial charge < -0.3 is 16.8 Å². The highest BCUT2D eigenvalue weighted by molar-refractivity contribution is 5.99. The fraction of sp³-hybridized carbons (Fsp3) is 0.250. The van der Waals surface area contributed by atoms with E-state index in [9.17, 15) is 4.39 Å². The van der Waals surface area contributed by atoms with Gasteiger partial charge in [-0.25, -0.2) is 9.37 Å². The first-order chi connectivity index (χ1) is 8.24. The van der Waals surface area contributed by atoms with Crippen LogP contribution in [0.25, 0.3) is 10.8 Å². The Balaban J connectivity index is 2.45. The Hall–Kier alpha value is -1.88. The lowest BCUT2D eigenvalue weighted by atomic mass is 10.1. The van der Waals surface area contributed by atoms with Gasteiger partial charge in [-0.15, -0.1) is 0 Å². The zero-order valence-corrected chi connectivity index (χ0v) is 9.41. The van der Waals surface area contributed by atoms with E-state index in [1.165, 1.54) is 6.07 Å². The molecule has 0 spiro atoms. The quantitative estimate of drug-likeness (QED) is 0.556. The zero-order chi connectivity index (χ0) is 12.3. The van der Waals surface area contributed by atoms with E-state index < -0.39 is 0 Å². The van der Waals surface area contributed by atoms with Gasteiger partial charge in [0.15, 0.2) is 0 Å². The molecule has 0 unspecified atom stereocenters. The predicted octanol–water partition coefficient (Wildman–Crippen LogP) is 1.72. The van der Waals surface area contributed by atoms with Crippen LogP contribution in [-0.2, 0) is 0 Å². The lowest BCUT2D eigenvalue weighted by Gasteiger charge is -2.10. The monoisotopic (exact) mass is 234 g/mol. The Morgan fingerprint density at radius 2 is 2.12 bits per heavy atom. The summed E-state index contributed by atoms with van der Waals surface area (Å²) < 4.78 is 13.8. The molecule has 0 aliphatic heterocycles. The van der Waals surface area contributed by atoms with Crippen LogP contribution in [0.5, 0.6) is 0 Å². The molecule has 4 nitrogen and oxygen atoms in total. The maximum absolute atomic E-state index is 13.8. The Kier molecular flexibility index (Phi) is 3.39. The molecule has 5 heteroatoms. The van der Waals surface area contributed by atoms with Gasteiger partial charge >= 0.3 is 0 Å². The van der Waals surface area contributed by atoms with E-state index in [-0.39, 0.29) is 5.82 Å². The first kappa shape index (κ1) is 11.6. The second kappa shape index (κ2) is 4.97. The molecule has 0 bridgehead atoms. The molecule has 1 heterocycles. The molecule has 1 aromatic heterocycles. The molecule has 5 N–H and O–H groups in total. The lowest BCUT2D eigenvalue weighted by molar-refractivity contribution is 0.640. The SMILES string of the molecule is NCCCNc1nccc2c(N)ccc(F)c12. The highest BCUT2D eigenvalue weighted by atomic mass is 19.1. The van der Waals surface area contributed by atoms with Gasteiger partial charge in [0, 0.05) is 23.8 Å². The number of anilines is 2. The molecular formula is C12H15FN4. The van der Waals surface area contributed by atoms with Gasteiger partial charge in [0.25, 0.3) is 0 Å². The lowest BCUT2D eigenvalue weighted by Crippen LogP contribution is -2.10. The first-order valence-corrected chi connectivity index (χ1v) is 5.50. The number of nitrogens with one attached hydrogen (secondary N) is 1. The summed E-state index contributed by atoms with van der Waals surface area (Å²) >= 11 is 0. The van der Waals surface area contributed by atoms with Crippen molar-refractivity contribution in [1.29, 1.82) is 0 Å². The van der Waals surface area contributed by atoms with Gasteiger partial charge in [0.1, 0.15) is 11.6 Å². The molecule has 2 aromatic rings. The Morgan fingerprint density at radius 1 is 1.29 bits per heavy atom. The highest BCUT2D eigenvalue weighted by Gasteiger charge is 2.09. The minimum atomic E-state index is -0.322. The summed E-state index contributed by atoms with van der Waals surface area (Å²) in [6.45, 7) is 1.25. The molecule has 0 atom stereocenters. The van der Waals surface area contributed by atoms with Crippen LogP contribution in [0.3, 0.4) is 0 Å². The van der Waals surface area contributed by atoms with E-state index in [1.54, 1.807) is 18.3 Å². The molecule has 0 saturated carbocycles. The van der Waals surface area contributed by atoms with Crippen LogP contribution in [0.15, 0.2) is 24.4 Å². The molecule has 0 aliphatic carbocycles. The number of benzene rings is 1. The largest absolute Gasteiger partial charge is 0.398 e. The molecule has 0 aliphatic rings. The van der Waals surface area contributed by atoms with E-state index >= 15 is 0 Å². The van der Waals surface area contributed by atoms with Crippen molar-refractivity contribution in [3.05, 3.63) is 30.2 Å². The third-order valence-corrected chi connectivity index (χ3v) is 2.58. The van der Waals surface area contributed by atoms with Crippen molar-refractivity contribution in [2.45, 2.75) is 6.42 Å². The molecule has 0 radical (unpaired) electrons. The maximum Gasteiger partial charge on any atom is 0.136 e. The summed E-state index contributed by atoms with van der Waals surface area (Å²) in [6, 6.07) is 4.62. The predicted molar refractivity (Wildman–Crippen MR) is 68.3 cm³/mol. The normalized spacial score (nSPS) is 10.7. The number of hydrogen-bond acceptors (Lipinski definition) is 4. The van der Waals surface area contributed by atoms with E-state index in [0.717, 1.165) is 6.42 Å². The Bertz CT molecular complexity index is 527. The summed E-state index contributed by atoms with van der Waals surface area (Å²) in [6.07, 6.45) is 2.42.